The maximum Gasteiger partial charge on any atom is 0.358 e. The summed E-state index contributed by atoms with van der Waals surface area (Å²) in [6.45, 7) is 5.18. The average molecular weight is 354 g/mol. The summed E-state index contributed by atoms with van der Waals surface area (Å²) in [5.74, 6) is -0.744. The zero-order valence-electron chi connectivity index (χ0n) is 11.9. The molecule has 1 N–H and O–H groups in total. The first kappa shape index (κ1) is 14.2. The molecule has 0 aromatic carbocycles. The van der Waals surface area contributed by atoms with Crippen molar-refractivity contribution in [2.45, 2.75) is 45.7 Å². The predicted octanol–water partition coefficient (Wildman–Crippen LogP) is 2.19. The fraction of sp³-hybridized carbons (Fsp3) is 0.538. The fourth-order valence-electron chi connectivity index (χ4n) is 2.51. The minimum atomic E-state index is -1.01. The van der Waals surface area contributed by atoms with Crippen molar-refractivity contribution in [2.24, 2.45) is 0 Å². The smallest absolute Gasteiger partial charge is 0.358 e. The number of carboxylic acid groups (broad SMARTS) is 1. The summed E-state index contributed by atoms with van der Waals surface area (Å²) in [6.07, 6.45) is 2.00. The van der Waals surface area contributed by atoms with Gasteiger partial charge in [-0.1, -0.05) is 5.21 Å². The number of aromatic nitrogens is 5. The van der Waals surface area contributed by atoms with E-state index in [0.717, 1.165) is 40.9 Å². The van der Waals surface area contributed by atoms with Gasteiger partial charge in [0.15, 0.2) is 5.69 Å². The third-order valence-electron chi connectivity index (χ3n) is 3.69. The van der Waals surface area contributed by atoms with Crippen LogP contribution in [0.25, 0.3) is 0 Å². The number of hydrogen-bond acceptors (Lipinski definition) is 4. The second-order valence-electron chi connectivity index (χ2n) is 5.22. The molecule has 21 heavy (non-hydrogen) atoms. The Hall–Kier alpha value is -1.70. The maximum absolute atomic E-state index is 11.3. The van der Waals surface area contributed by atoms with Crippen LogP contribution in [-0.4, -0.2) is 35.9 Å². The summed E-state index contributed by atoms with van der Waals surface area (Å²) < 4.78 is 4.55. The number of aromatic carboxylic acids is 1. The van der Waals surface area contributed by atoms with Crippen molar-refractivity contribution < 1.29 is 9.90 Å². The van der Waals surface area contributed by atoms with Crippen molar-refractivity contribution in [3.8, 4) is 0 Å². The normalized spacial score (nSPS) is 14.6. The van der Waals surface area contributed by atoms with Crippen LogP contribution in [0.5, 0.6) is 0 Å². The average Bonchev–Trinajstić information content (AvgIpc) is 3.15. The van der Waals surface area contributed by atoms with Crippen molar-refractivity contribution >= 4 is 21.9 Å². The molecule has 0 radical (unpaired) electrons. The molecule has 0 unspecified atom stereocenters. The topological polar surface area (TPSA) is 85.8 Å². The summed E-state index contributed by atoms with van der Waals surface area (Å²) >= 11 is 3.55. The molecule has 1 saturated carbocycles. The number of halogens is 1. The minimum Gasteiger partial charge on any atom is -0.476 e. The number of aryl methyl sites for hydroxylation is 2. The Morgan fingerprint density at radius 1 is 1.43 bits per heavy atom. The summed E-state index contributed by atoms with van der Waals surface area (Å²) in [5, 5.41) is 21.6. The Balaban J connectivity index is 2.01. The van der Waals surface area contributed by atoms with Gasteiger partial charge in [0.05, 0.1) is 28.1 Å². The zero-order chi connectivity index (χ0) is 15.1. The highest BCUT2D eigenvalue weighted by Crippen LogP contribution is 2.41. The van der Waals surface area contributed by atoms with Crippen LogP contribution < -0.4 is 0 Å². The predicted molar refractivity (Wildman–Crippen MR) is 78.4 cm³/mol. The van der Waals surface area contributed by atoms with Gasteiger partial charge in [-0.3, -0.25) is 4.68 Å². The third-order valence-corrected chi connectivity index (χ3v) is 4.72. The Bertz CT molecular complexity index is 702. The molecular weight excluding hydrogens is 338 g/mol. The minimum absolute atomic E-state index is 0.0768. The van der Waals surface area contributed by atoms with E-state index in [1.54, 1.807) is 4.68 Å². The Kier molecular flexibility index (Phi) is 3.56. The van der Waals surface area contributed by atoms with Gasteiger partial charge >= 0.3 is 5.97 Å². The van der Waals surface area contributed by atoms with Gasteiger partial charge in [-0.2, -0.15) is 5.10 Å². The van der Waals surface area contributed by atoms with E-state index in [2.05, 4.69) is 31.3 Å². The van der Waals surface area contributed by atoms with E-state index >= 15 is 0 Å². The molecule has 0 aliphatic heterocycles. The van der Waals surface area contributed by atoms with E-state index in [0.29, 0.717) is 6.54 Å². The lowest BCUT2D eigenvalue weighted by Crippen LogP contribution is -2.12. The first-order valence-electron chi connectivity index (χ1n) is 6.91. The van der Waals surface area contributed by atoms with Gasteiger partial charge in [0.2, 0.25) is 0 Å². The highest BCUT2D eigenvalue weighted by Gasteiger charge is 2.34. The van der Waals surface area contributed by atoms with Crippen molar-refractivity contribution in [1.82, 2.24) is 24.8 Å². The number of hydrogen-bond donors (Lipinski definition) is 1. The van der Waals surface area contributed by atoms with Gasteiger partial charge in [0.25, 0.3) is 0 Å². The molecule has 0 spiro atoms. The molecule has 0 saturated heterocycles. The molecule has 1 fully saturated rings. The van der Waals surface area contributed by atoms with Crippen LogP contribution >= 0.6 is 15.9 Å². The molecule has 8 heteroatoms. The number of nitrogens with zero attached hydrogens (tertiary/aromatic N) is 5. The molecule has 2 heterocycles. The second kappa shape index (κ2) is 5.25. The van der Waals surface area contributed by atoms with E-state index < -0.39 is 5.97 Å². The van der Waals surface area contributed by atoms with Crippen LogP contribution in [0.4, 0.5) is 0 Å². The lowest BCUT2D eigenvalue weighted by atomic mass is 10.2. The van der Waals surface area contributed by atoms with Gasteiger partial charge in [-0.15, -0.1) is 5.10 Å². The quantitative estimate of drug-likeness (QED) is 0.890. The first-order valence-corrected chi connectivity index (χ1v) is 7.70. The Labute approximate surface area is 130 Å². The Morgan fingerprint density at radius 2 is 2.14 bits per heavy atom. The van der Waals surface area contributed by atoms with Crippen LogP contribution in [-0.2, 0) is 13.1 Å². The molecule has 112 valence electrons. The van der Waals surface area contributed by atoms with E-state index in [1.165, 1.54) is 0 Å². The molecule has 1 aliphatic carbocycles. The highest BCUT2D eigenvalue weighted by molar-refractivity contribution is 9.10. The molecule has 2 aromatic rings. The van der Waals surface area contributed by atoms with E-state index in [4.69, 9.17) is 0 Å². The van der Waals surface area contributed by atoms with E-state index in [9.17, 15) is 9.90 Å². The van der Waals surface area contributed by atoms with Crippen LogP contribution in [0, 0.1) is 6.92 Å². The van der Waals surface area contributed by atoms with Crippen LogP contribution in [0.1, 0.15) is 53.3 Å². The van der Waals surface area contributed by atoms with Crippen LogP contribution in [0.15, 0.2) is 4.47 Å². The zero-order valence-corrected chi connectivity index (χ0v) is 13.5. The summed E-state index contributed by atoms with van der Waals surface area (Å²) in [7, 11) is 0. The van der Waals surface area contributed by atoms with E-state index in [-0.39, 0.29) is 11.6 Å². The van der Waals surface area contributed by atoms with Gasteiger partial charge in [-0.05, 0) is 42.6 Å². The molecule has 0 atom stereocenters. The molecule has 0 bridgehead atoms. The Morgan fingerprint density at radius 3 is 2.71 bits per heavy atom. The van der Waals surface area contributed by atoms with Gasteiger partial charge in [-0.25, -0.2) is 9.48 Å². The molecule has 0 amide bonds. The molecule has 3 rings (SSSR count). The van der Waals surface area contributed by atoms with E-state index in [1.807, 2.05) is 18.5 Å². The van der Waals surface area contributed by atoms with Gasteiger partial charge in [0, 0.05) is 12.5 Å². The SMILES string of the molecule is CCn1nc(C)c(Br)c1Cn1nnc(C(=O)O)c1C1CC1. The summed E-state index contributed by atoms with van der Waals surface area (Å²) in [4.78, 5) is 11.3. The monoisotopic (exact) mass is 353 g/mol. The molecular formula is C13H16BrN5O2. The maximum atomic E-state index is 11.3. The molecule has 1 aliphatic rings. The fourth-order valence-corrected chi connectivity index (χ4v) is 2.92. The third kappa shape index (κ3) is 2.48. The number of carbonyl (C=O) groups is 1. The van der Waals surface area contributed by atoms with Crippen molar-refractivity contribution in [1.29, 1.82) is 0 Å². The van der Waals surface area contributed by atoms with Crippen molar-refractivity contribution in [3.63, 3.8) is 0 Å². The largest absolute Gasteiger partial charge is 0.476 e. The first-order chi connectivity index (χ1) is 10.0. The lowest BCUT2D eigenvalue weighted by molar-refractivity contribution is 0.0689. The lowest BCUT2D eigenvalue weighted by Gasteiger charge is -2.08. The highest BCUT2D eigenvalue weighted by atomic mass is 79.9. The van der Waals surface area contributed by atoms with Crippen molar-refractivity contribution in [2.75, 3.05) is 0 Å². The number of carboxylic acids is 1. The van der Waals surface area contributed by atoms with Crippen LogP contribution in [0.2, 0.25) is 0 Å². The van der Waals surface area contributed by atoms with Crippen molar-refractivity contribution in [3.05, 3.63) is 27.2 Å². The van der Waals surface area contributed by atoms with Crippen LogP contribution in [0.3, 0.4) is 0 Å². The van der Waals surface area contributed by atoms with Gasteiger partial charge in [0.1, 0.15) is 0 Å². The van der Waals surface area contributed by atoms with Gasteiger partial charge < -0.3 is 5.11 Å². The summed E-state index contributed by atoms with van der Waals surface area (Å²) in [6, 6.07) is 0. The summed E-state index contributed by atoms with van der Waals surface area (Å²) in [5.41, 5.74) is 2.71. The standard InChI is InChI=1S/C13H16BrN5O2/c1-3-18-9(10(14)7(2)16-18)6-19-12(8-4-5-8)11(13(20)21)15-17-19/h8H,3-6H2,1-2H3,(H,20,21). The number of rotatable bonds is 5. The molecule has 7 nitrogen and oxygen atoms in total. The second-order valence-corrected chi connectivity index (χ2v) is 6.02. The molecule has 2 aromatic heterocycles.